The number of aliphatic hydroxyl groups excluding tert-OH is 1. The minimum atomic E-state index is -0.0977. The van der Waals surface area contributed by atoms with Crippen molar-refractivity contribution < 1.29 is 5.11 Å². The highest BCUT2D eigenvalue weighted by atomic mass is 16.3. The molecule has 4 nitrogen and oxygen atoms in total. The van der Waals surface area contributed by atoms with Crippen LogP contribution in [0, 0.1) is 5.92 Å². The van der Waals surface area contributed by atoms with Crippen molar-refractivity contribution in [3.63, 3.8) is 0 Å². The van der Waals surface area contributed by atoms with Crippen molar-refractivity contribution in [2.24, 2.45) is 5.92 Å². The molecular weight excluding hydrogens is 228 g/mol. The van der Waals surface area contributed by atoms with Crippen LogP contribution in [0.25, 0.3) is 10.8 Å². The standard InChI is InChI=1S/C14H18N2O2/c1-9(8-17)10(2)15-13-7-11-5-3-4-6-12(11)14(18)16-13/h3-7,9-10,17H,8H2,1-2H3,(H2,15,16,18). The number of aliphatic hydroxyl groups is 1. The molecule has 2 unspecified atom stereocenters. The molecule has 2 rings (SSSR count). The van der Waals surface area contributed by atoms with Crippen LogP contribution < -0.4 is 10.9 Å². The molecule has 0 amide bonds. The summed E-state index contributed by atoms with van der Waals surface area (Å²) in [6, 6.07) is 9.48. The predicted octanol–water partition coefficient (Wildman–Crippen LogP) is 1.96. The van der Waals surface area contributed by atoms with Crippen LogP contribution in [0.15, 0.2) is 35.1 Å². The summed E-state index contributed by atoms with van der Waals surface area (Å²) in [5.74, 6) is 0.812. The van der Waals surface area contributed by atoms with Crippen LogP contribution in [-0.2, 0) is 0 Å². The average Bonchev–Trinajstić information content (AvgIpc) is 2.37. The second-order valence-electron chi connectivity index (χ2n) is 4.69. The molecule has 0 spiro atoms. The minimum Gasteiger partial charge on any atom is -0.396 e. The third-order valence-corrected chi connectivity index (χ3v) is 3.28. The molecule has 1 heterocycles. The number of aromatic nitrogens is 1. The molecular formula is C14H18N2O2. The monoisotopic (exact) mass is 246 g/mol. The van der Waals surface area contributed by atoms with Crippen LogP contribution in [0.5, 0.6) is 0 Å². The van der Waals surface area contributed by atoms with Crippen molar-refractivity contribution in [3.8, 4) is 0 Å². The molecule has 0 fully saturated rings. The summed E-state index contributed by atoms with van der Waals surface area (Å²) in [7, 11) is 0. The van der Waals surface area contributed by atoms with Gasteiger partial charge in [0.15, 0.2) is 0 Å². The van der Waals surface area contributed by atoms with Gasteiger partial charge in [-0.3, -0.25) is 4.79 Å². The van der Waals surface area contributed by atoms with Crippen molar-refractivity contribution in [1.82, 2.24) is 4.98 Å². The lowest BCUT2D eigenvalue weighted by Gasteiger charge is -2.20. The Morgan fingerprint density at radius 1 is 1.33 bits per heavy atom. The van der Waals surface area contributed by atoms with E-state index in [1.807, 2.05) is 38.1 Å². The van der Waals surface area contributed by atoms with E-state index >= 15 is 0 Å². The molecule has 0 aliphatic carbocycles. The summed E-state index contributed by atoms with van der Waals surface area (Å²) in [5, 5.41) is 13.9. The lowest BCUT2D eigenvalue weighted by Crippen LogP contribution is -2.27. The molecule has 96 valence electrons. The molecule has 0 saturated carbocycles. The molecule has 4 heteroatoms. The van der Waals surface area contributed by atoms with Gasteiger partial charge >= 0.3 is 0 Å². The highest BCUT2D eigenvalue weighted by molar-refractivity contribution is 5.83. The molecule has 18 heavy (non-hydrogen) atoms. The number of rotatable bonds is 4. The van der Waals surface area contributed by atoms with Crippen LogP contribution in [0.1, 0.15) is 13.8 Å². The molecule has 0 saturated heterocycles. The number of hydrogen-bond acceptors (Lipinski definition) is 3. The van der Waals surface area contributed by atoms with Gasteiger partial charge in [0.1, 0.15) is 5.82 Å². The molecule has 2 aromatic rings. The zero-order valence-corrected chi connectivity index (χ0v) is 10.6. The zero-order valence-electron chi connectivity index (χ0n) is 10.6. The Kier molecular flexibility index (Phi) is 3.67. The predicted molar refractivity (Wildman–Crippen MR) is 73.9 cm³/mol. The fourth-order valence-electron chi connectivity index (χ4n) is 1.83. The summed E-state index contributed by atoms with van der Waals surface area (Å²) in [6.45, 7) is 4.05. The summed E-state index contributed by atoms with van der Waals surface area (Å²) >= 11 is 0. The molecule has 1 aromatic carbocycles. The zero-order chi connectivity index (χ0) is 13.1. The first-order valence-corrected chi connectivity index (χ1v) is 6.11. The summed E-state index contributed by atoms with van der Waals surface area (Å²) in [6.07, 6.45) is 0. The van der Waals surface area contributed by atoms with Gasteiger partial charge in [-0.15, -0.1) is 0 Å². The Hall–Kier alpha value is -1.81. The number of hydrogen-bond donors (Lipinski definition) is 3. The highest BCUT2D eigenvalue weighted by Crippen LogP contribution is 2.15. The summed E-state index contributed by atoms with van der Waals surface area (Å²) in [5.41, 5.74) is -0.0977. The smallest absolute Gasteiger partial charge is 0.257 e. The maximum Gasteiger partial charge on any atom is 0.257 e. The van der Waals surface area contributed by atoms with E-state index in [4.69, 9.17) is 5.11 Å². The van der Waals surface area contributed by atoms with Gasteiger partial charge in [0.2, 0.25) is 0 Å². The third kappa shape index (κ3) is 2.54. The molecule has 0 aliphatic heterocycles. The SMILES string of the molecule is CC(CO)C(C)Nc1cc2ccccc2c(=O)[nH]1. The second-order valence-corrected chi connectivity index (χ2v) is 4.69. The van der Waals surface area contributed by atoms with Crippen molar-refractivity contribution in [3.05, 3.63) is 40.7 Å². The van der Waals surface area contributed by atoms with Gasteiger partial charge in [0.25, 0.3) is 5.56 Å². The van der Waals surface area contributed by atoms with E-state index in [1.165, 1.54) is 0 Å². The van der Waals surface area contributed by atoms with Crippen LogP contribution in [0.3, 0.4) is 0 Å². The molecule has 1 aromatic heterocycles. The van der Waals surface area contributed by atoms with Crippen molar-refractivity contribution in [2.75, 3.05) is 11.9 Å². The molecule has 0 aliphatic rings. The van der Waals surface area contributed by atoms with Gasteiger partial charge in [-0.25, -0.2) is 0 Å². The molecule has 3 N–H and O–H groups in total. The number of anilines is 1. The third-order valence-electron chi connectivity index (χ3n) is 3.28. The first kappa shape index (κ1) is 12.6. The Labute approximate surface area is 106 Å². The number of fused-ring (bicyclic) bond motifs is 1. The summed E-state index contributed by atoms with van der Waals surface area (Å²) in [4.78, 5) is 14.7. The topological polar surface area (TPSA) is 65.1 Å². The van der Waals surface area contributed by atoms with Gasteiger partial charge in [0, 0.05) is 18.0 Å². The summed E-state index contributed by atoms with van der Waals surface area (Å²) < 4.78 is 0. The number of benzene rings is 1. The fraction of sp³-hybridized carbons (Fsp3) is 0.357. The number of nitrogens with one attached hydrogen (secondary N) is 2. The van der Waals surface area contributed by atoms with Crippen LogP contribution in [-0.4, -0.2) is 22.7 Å². The number of aromatic amines is 1. The normalized spacial score (nSPS) is 14.4. The first-order chi connectivity index (χ1) is 8.61. The van der Waals surface area contributed by atoms with Crippen LogP contribution in [0.4, 0.5) is 5.82 Å². The molecule has 0 radical (unpaired) electrons. The first-order valence-electron chi connectivity index (χ1n) is 6.11. The van der Waals surface area contributed by atoms with E-state index in [-0.39, 0.29) is 24.1 Å². The van der Waals surface area contributed by atoms with Crippen LogP contribution in [0.2, 0.25) is 0 Å². The average molecular weight is 246 g/mol. The molecule has 2 atom stereocenters. The lowest BCUT2D eigenvalue weighted by atomic mass is 10.1. The quantitative estimate of drug-likeness (QED) is 0.772. The maximum atomic E-state index is 11.9. The van der Waals surface area contributed by atoms with E-state index in [0.717, 1.165) is 5.39 Å². The Balaban J connectivity index is 2.33. The fourth-order valence-corrected chi connectivity index (χ4v) is 1.83. The van der Waals surface area contributed by atoms with Crippen molar-refractivity contribution in [1.29, 1.82) is 0 Å². The van der Waals surface area contributed by atoms with Gasteiger partial charge in [-0.2, -0.15) is 0 Å². The van der Waals surface area contributed by atoms with E-state index in [2.05, 4.69) is 10.3 Å². The van der Waals surface area contributed by atoms with Gasteiger partial charge in [0.05, 0.1) is 0 Å². The molecule has 0 bridgehead atoms. The van der Waals surface area contributed by atoms with Crippen molar-refractivity contribution >= 4 is 16.6 Å². The maximum absolute atomic E-state index is 11.9. The van der Waals surface area contributed by atoms with Gasteiger partial charge < -0.3 is 15.4 Å². The number of pyridine rings is 1. The highest BCUT2D eigenvalue weighted by Gasteiger charge is 2.11. The van der Waals surface area contributed by atoms with E-state index in [9.17, 15) is 4.79 Å². The van der Waals surface area contributed by atoms with E-state index in [1.54, 1.807) is 6.07 Å². The van der Waals surface area contributed by atoms with Crippen LogP contribution >= 0.6 is 0 Å². The van der Waals surface area contributed by atoms with Gasteiger partial charge in [-0.1, -0.05) is 25.1 Å². The Bertz CT molecular complexity index is 592. The van der Waals surface area contributed by atoms with Gasteiger partial charge in [-0.05, 0) is 30.4 Å². The lowest BCUT2D eigenvalue weighted by molar-refractivity contribution is 0.226. The largest absolute Gasteiger partial charge is 0.396 e. The second kappa shape index (κ2) is 5.23. The van der Waals surface area contributed by atoms with Crippen molar-refractivity contribution in [2.45, 2.75) is 19.9 Å². The Morgan fingerprint density at radius 2 is 2.06 bits per heavy atom. The minimum absolute atomic E-state index is 0.0896. The van der Waals surface area contributed by atoms with E-state index < -0.39 is 0 Å². The number of H-pyrrole nitrogens is 1. The van der Waals surface area contributed by atoms with E-state index in [0.29, 0.717) is 11.2 Å². The Morgan fingerprint density at radius 3 is 2.78 bits per heavy atom.